The number of carbonyl (C=O) groups is 3. The van der Waals surface area contributed by atoms with Crippen LogP contribution in [0.1, 0.15) is 11.1 Å². The number of hydrogen-bond acceptors (Lipinski definition) is 6. The first kappa shape index (κ1) is 24.1. The fourth-order valence-corrected chi connectivity index (χ4v) is 3.21. The van der Waals surface area contributed by atoms with E-state index >= 15 is 0 Å². The number of alkyl carbamates (subject to hydrolysis) is 1. The zero-order chi connectivity index (χ0) is 22.7. The van der Waals surface area contributed by atoms with E-state index in [1.807, 2.05) is 6.07 Å². The minimum Gasteiger partial charge on any atom is -0.459 e. The van der Waals surface area contributed by atoms with Crippen molar-refractivity contribution in [3.8, 4) is 0 Å². The zero-order valence-electron chi connectivity index (χ0n) is 16.6. The molecule has 0 heterocycles. The Labute approximate surface area is 179 Å². The van der Waals surface area contributed by atoms with Gasteiger partial charge in [0, 0.05) is 0 Å². The molecule has 11 heteroatoms. The zero-order valence-corrected chi connectivity index (χ0v) is 17.5. The fourth-order valence-electron chi connectivity index (χ4n) is 2.44. The number of nitrogens with one attached hydrogen (secondary N) is 2. The average molecular weight is 449 g/mol. The summed E-state index contributed by atoms with van der Waals surface area (Å²) in [4.78, 5) is 45.5. The van der Waals surface area contributed by atoms with Gasteiger partial charge >= 0.3 is 12.1 Å². The molecule has 2 rings (SSSR count). The number of ether oxygens (including phenoxy) is 2. The molecule has 10 nitrogen and oxygen atoms in total. The van der Waals surface area contributed by atoms with E-state index in [1.54, 1.807) is 54.6 Å². The third-order valence-corrected chi connectivity index (χ3v) is 4.78. The van der Waals surface area contributed by atoms with Crippen LogP contribution in [0, 0.1) is 0 Å². The highest BCUT2D eigenvalue weighted by molar-refractivity contribution is 7.55. The van der Waals surface area contributed by atoms with E-state index in [1.165, 1.54) is 0 Å². The maximum Gasteiger partial charge on any atom is 0.407 e. The van der Waals surface area contributed by atoms with E-state index in [9.17, 15) is 23.8 Å². The van der Waals surface area contributed by atoms with Gasteiger partial charge in [0.1, 0.15) is 25.8 Å². The first-order chi connectivity index (χ1) is 14.7. The maximum atomic E-state index is 12.3. The van der Waals surface area contributed by atoms with Crippen LogP contribution in [-0.2, 0) is 36.8 Å². The second-order valence-corrected chi connectivity index (χ2v) is 8.44. The van der Waals surface area contributed by atoms with E-state index in [0.717, 1.165) is 5.56 Å². The SMILES string of the molecule is NP(=O)(O)C[C@H](NC(=O)CNC(=O)OCc1ccccc1)C(=O)OCc1ccccc1. The Morgan fingerprint density at radius 3 is 1.97 bits per heavy atom. The van der Waals surface area contributed by atoms with Crippen LogP contribution in [0.25, 0.3) is 0 Å². The summed E-state index contributed by atoms with van der Waals surface area (Å²) in [5, 5.41) is 4.47. The van der Waals surface area contributed by atoms with Gasteiger partial charge in [0.05, 0.1) is 6.16 Å². The Balaban J connectivity index is 1.83. The molecule has 5 N–H and O–H groups in total. The Morgan fingerprint density at radius 2 is 1.45 bits per heavy atom. The van der Waals surface area contributed by atoms with Crippen LogP contribution in [0.3, 0.4) is 0 Å². The topological polar surface area (TPSA) is 157 Å². The molecule has 2 aromatic carbocycles. The predicted molar refractivity (Wildman–Crippen MR) is 112 cm³/mol. The Kier molecular flexibility index (Phi) is 9.20. The van der Waals surface area contributed by atoms with Crippen molar-refractivity contribution in [1.29, 1.82) is 0 Å². The van der Waals surface area contributed by atoms with Crippen molar-refractivity contribution in [3.05, 3.63) is 71.8 Å². The van der Waals surface area contributed by atoms with Gasteiger partial charge in [-0.15, -0.1) is 0 Å². The van der Waals surface area contributed by atoms with E-state index in [4.69, 9.17) is 15.0 Å². The first-order valence-corrected chi connectivity index (χ1v) is 11.2. The summed E-state index contributed by atoms with van der Waals surface area (Å²) < 4.78 is 21.6. The van der Waals surface area contributed by atoms with Crippen LogP contribution in [0.5, 0.6) is 0 Å². The molecule has 0 spiro atoms. The van der Waals surface area contributed by atoms with E-state index in [2.05, 4.69) is 10.6 Å². The molecular formula is C20H24N3O7P. The first-order valence-electron chi connectivity index (χ1n) is 9.28. The standard InChI is InChI=1S/C20H24N3O7P/c21-31(27,28)14-17(19(25)29-12-15-7-3-1-4-8-15)23-18(24)11-22-20(26)30-13-16-9-5-2-6-10-16/h1-10,17H,11-14H2,(H,22,26)(H,23,24)(H3,21,27,28)/t17-/m0/s1. The molecule has 0 aliphatic carbocycles. The Bertz CT molecular complexity index is 919. The third-order valence-electron chi connectivity index (χ3n) is 3.89. The van der Waals surface area contributed by atoms with Crippen molar-refractivity contribution in [2.45, 2.75) is 19.3 Å². The van der Waals surface area contributed by atoms with Crippen LogP contribution in [0.4, 0.5) is 4.79 Å². The second-order valence-electron chi connectivity index (χ2n) is 6.57. The molecule has 2 atom stereocenters. The summed E-state index contributed by atoms with van der Waals surface area (Å²) in [6, 6.07) is 16.2. The number of esters is 1. The summed E-state index contributed by atoms with van der Waals surface area (Å²) in [5.74, 6) is -1.71. The molecule has 0 aromatic heterocycles. The summed E-state index contributed by atoms with van der Waals surface area (Å²) in [7, 11) is -4.14. The second kappa shape index (κ2) is 11.8. The fraction of sp³-hybridized carbons (Fsp3) is 0.250. The van der Waals surface area contributed by atoms with Crippen molar-refractivity contribution >= 4 is 25.5 Å². The van der Waals surface area contributed by atoms with E-state index in [-0.39, 0.29) is 13.2 Å². The van der Waals surface area contributed by atoms with Gasteiger partial charge < -0.3 is 25.0 Å². The molecule has 0 aliphatic heterocycles. The van der Waals surface area contributed by atoms with Crippen molar-refractivity contribution < 1.29 is 33.3 Å². The Morgan fingerprint density at radius 1 is 0.935 bits per heavy atom. The van der Waals surface area contributed by atoms with Crippen LogP contribution < -0.4 is 16.1 Å². The summed E-state index contributed by atoms with van der Waals surface area (Å²) >= 11 is 0. The van der Waals surface area contributed by atoms with Gasteiger partial charge in [0.2, 0.25) is 5.91 Å². The molecule has 2 aromatic rings. The lowest BCUT2D eigenvalue weighted by molar-refractivity contribution is -0.148. The lowest BCUT2D eigenvalue weighted by Gasteiger charge is -2.19. The molecule has 1 unspecified atom stereocenters. The van der Waals surface area contributed by atoms with Crippen LogP contribution in [0.2, 0.25) is 0 Å². The lowest BCUT2D eigenvalue weighted by atomic mass is 10.2. The van der Waals surface area contributed by atoms with Crippen LogP contribution in [0.15, 0.2) is 60.7 Å². The molecule has 166 valence electrons. The summed E-state index contributed by atoms with van der Waals surface area (Å²) in [6.07, 6.45) is -1.56. The smallest absolute Gasteiger partial charge is 0.407 e. The number of nitrogens with two attached hydrogens (primary N) is 1. The number of hydrogen-bond donors (Lipinski definition) is 4. The van der Waals surface area contributed by atoms with Crippen molar-refractivity contribution in [2.24, 2.45) is 5.50 Å². The Hall–Kier alpha value is -3.20. The monoisotopic (exact) mass is 449 g/mol. The maximum absolute atomic E-state index is 12.3. The summed E-state index contributed by atoms with van der Waals surface area (Å²) in [6.45, 7) is -0.587. The predicted octanol–water partition coefficient (Wildman–Crippen LogP) is 1.29. The molecule has 0 saturated carbocycles. The average Bonchev–Trinajstić information content (AvgIpc) is 2.74. The van der Waals surface area contributed by atoms with Crippen molar-refractivity contribution in [2.75, 3.05) is 12.7 Å². The van der Waals surface area contributed by atoms with Gasteiger partial charge in [-0.05, 0) is 11.1 Å². The minimum atomic E-state index is -4.14. The lowest BCUT2D eigenvalue weighted by Crippen LogP contribution is -2.48. The third kappa shape index (κ3) is 9.90. The highest BCUT2D eigenvalue weighted by atomic mass is 31.2. The molecule has 2 amide bonds. The molecule has 31 heavy (non-hydrogen) atoms. The molecule has 0 bridgehead atoms. The highest BCUT2D eigenvalue weighted by Crippen LogP contribution is 2.30. The molecule has 0 fully saturated rings. The van der Waals surface area contributed by atoms with Gasteiger partial charge in [-0.1, -0.05) is 60.7 Å². The van der Waals surface area contributed by atoms with Gasteiger partial charge in [-0.2, -0.15) is 0 Å². The number of amides is 2. The number of rotatable bonds is 10. The van der Waals surface area contributed by atoms with E-state index < -0.39 is 44.2 Å². The van der Waals surface area contributed by atoms with Crippen molar-refractivity contribution in [3.63, 3.8) is 0 Å². The quantitative estimate of drug-likeness (QED) is 0.312. The largest absolute Gasteiger partial charge is 0.459 e. The van der Waals surface area contributed by atoms with E-state index in [0.29, 0.717) is 5.56 Å². The van der Waals surface area contributed by atoms with Crippen LogP contribution in [-0.4, -0.2) is 41.6 Å². The van der Waals surface area contributed by atoms with Gasteiger partial charge in [-0.3, -0.25) is 14.9 Å². The van der Waals surface area contributed by atoms with Gasteiger partial charge in [0.15, 0.2) is 0 Å². The van der Waals surface area contributed by atoms with Gasteiger partial charge in [0.25, 0.3) is 7.52 Å². The number of benzene rings is 2. The molecule has 0 aliphatic rings. The van der Waals surface area contributed by atoms with Gasteiger partial charge in [-0.25, -0.2) is 9.59 Å². The molecular weight excluding hydrogens is 425 g/mol. The van der Waals surface area contributed by atoms with Crippen molar-refractivity contribution in [1.82, 2.24) is 10.6 Å². The molecule has 0 radical (unpaired) electrons. The summed E-state index contributed by atoms with van der Waals surface area (Å²) in [5.41, 5.74) is 6.60. The van der Waals surface area contributed by atoms with Crippen LogP contribution >= 0.6 is 7.52 Å². The molecule has 0 saturated heterocycles. The normalized spacial score (nSPS) is 13.4. The number of carbonyl (C=O) groups excluding carboxylic acids is 3. The minimum absolute atomic E-state index is 0.0175. The highest BCUT2D eigenvalue weighted by Gasteiger charge is 2.29.